The first-order chi connectivity index (χ1) is 16.8. The first-order valence-corrected chi connectivity index (χ1v) is 11.7. The van der Waals surface area contributed by atoms with E-state index in [1.54, 1.807) is 26.0 Å². The van der Waals surface area contributed by atoms with Crippen molar-refractivity contribution in [1.29, 1.82) is 0 Å². The monoisotopic (exact) mass is 483 g/mol. The van der Waals surface area contributed by atoms with Gasteiger partial charge in [-0.15, -0.1) is 0 Å². The fraction of sp³-hybridized carbons (Fsp3) is 0.423. The Kier molecular flexibility index (Phi) is 9.48. The molecule has 2 aromatic carbocycles. The van der Waals surface area contributed by atoms with E-state index in [4.69, 9.17) is 14.2 Å². The van der Waals surface area contributed by atoms with Gasteiger partial charge in [-0.2, -0.15) is 0 Å². The van der Waals surface area contributed by atoms with E-state index in [0.29, 0.717) is 18.9 Å². The van der Waals surface area contributed by atoms with E-state index >= 15 is 0 Å². The minimum absolute atomic E-state index is 0.0790. The van der Waals surface area contributed by atoms with E-state index in [1.807, 2.05) is 42.5 Å². The van der Waals surface area contributed by atoms with Crippen LogP contribution in [0.1, 0.15) is 26.3 Å². The van der Waals surface area contributed by atoms with Crippen LogP contribution >= 0.6 is 0 Å². The number of esters is 1. The maximum absolute atomic E-state index is 12.7. The molecule has 2 amide bonds. The van der Waals surface area contributed by atoms with Crippen LogP contribution in [-0.4, -0.2) is 56.4 Å². The van der Waals surface area contributed by atoms with Gasteiger partial charge < -0.3 is 29.7 Å². The molecule has 9 nitrogen and oxygen atoms in total. The summed E-state index contributed by atoms with van der Waals surface area (Å²) in [6.07, 6.45) is -1.79. The highest BCUT2D eigenvalue weighted by atomic mass is 16.6. The number of hydrogen-bond acceptors (Lipinski definition) is 7. The number of morpholine rings is 1. The largest absolute Gasteiger partial charge is 0.451 e. The molecule has 1 unspecified atom stereocenters. The molecule has 0 radical (unpaired) electrons. The quantitative estimate of drug-likeness (QED) is 0.527. The van der Waals surface area contributed by atoms with Crippen molar-refractivity contribution in [2.24, 2.45) is 5.92 Å². The molecule has 1 fully saturated rings. The highest BCUT2D eigenvalue weighted by Gasteiger charge is 2.29. The van der Waals surface area contributed by atoms with Gasteiger partial charge in [-0.1, -0.05) is 44.2 Å². The zero-order chi connectivity index (χ0) is 25.2. The molecule has 1 heterocycles. The lowest BCUT2D eigenvalue weighted by Gasteiger charge is -2.29. The predicted molar refractivity (Wildman–Crippen MR) is 132 cm³/mol. The molecule has 3 rings (SSSR count). The zero-order valence-electron chi connectivity index (χ0n) is 20.4. The molecule has 2 aromatic rings. The minimum Gasteiger partial charge on any atom is -0.451 e. The lowest BCUT2D eigenvalue weighted by molar-refractivity contribution is -0.156. The number of alkyl carbamates (subject to hydrolysis) is 1. The highest BCUT2D eigenvalue weighted by Crippen LogP contribution is 2.19. The van der Waals surface area contributed by atoms with Crippen LogP contribution in [0.4, 0.5) is 16.2 Å². The van der Waals surface area contributed by atoms with Crippen LogP contribution in [0.25, 0.3) is 0 Å². The molecular formula is C26H33N3O6. The fourth-order valence-electron chi connectivity index (χ4n) is 3.51. The summed E-state index contributed by atoms with van der Waals surface area (Å²) in [6.45, 7) is 8.13. The van der Waals surface area contributed by atoms with Crippen molar-refractivity contribution >= 4 is 29.3 Å². The molecule has 1 aliphatic rings. The molecular weight excluding hydrogens is 450 g/mol. The SMILES string of the molecule is CC(OC(=O)[C@@H](NC(=O)OCc1ccccc1)C(C)C)C(=O)Nc1ccc(N2CCOCC2)cc1. The Morgan fingerprint density at radius 3 is 2.26 bits per heavy atom. The summed E-state index contributed by atoms with van der Waals surface area (Å²) < 4.78 is 15.9. The molecule has 1 aliphatic heterocycles. The molecule has 2 N–H and O–H groups in total. The molecule has 9 heteroatoms. The molecule has 188 valence electrons. The highest BCUT2D eigenvalue weighted by molar-refractivity contribution is 5.95. The standard InChI is InChI=1S/C26H33N3O6/c1-18(2)23(28-26(32)34-17-20-7-5-4-6-8-20)25(31)35-19(3)24(30)27-21-9-11-22(12-10-21)29-13-15-33-16-14-29/h4-12,18-19,23H,13-17H2,1-3H3,(H,27,30)(H,28,32)/t19?,23-/m0/s1. The molecule has 2 atom stereocenters. The van der Waals surface area contributed by atoms with Crippen molar-refractivity contribution in [3.05, 3.63) is 60.2 Å². The number of carbonyl (C=O) groups excluding carboxylic acids is 3. The second kappa shape index (κ2) is 12.8. The van der Waals surface area contributed by atoms with Crippen LogP contribution < -0.4 is 15.5 Å². The molecule has 0 bridgehead atoms. The van der Waals surface area contributed by atoms with E-state index in [1.165, 1.54) is 6.92 Å². The Balaban J connectivity index is 1.48. The van der Waals surface area contributed by atoms with E-state index in [2.05, 4.69) is 15.5 Å². The predicted octanol–water partition coefficient (Wildman–Crippen LogP) is 3.34. The number of nitrogens with one attached hydrogen (secondary N) is 2. The van der Waals surface area contributed by atoms with Gasteiger partial charge in [-0.25, -0.2) is 9.59 Å². The number of carbonyl (C=O) groups is 3. The van der Waals surface area contributed by atoms with Gasteiger partial charge in [0.2, 0.25) is 0 Å². The van der Waals surface area contributed by atoms with Gasteiger partial charge in [0, 0.05) is 24.5 Å². The van der Waals surface area contributed by atoms with Gasteiger partial charge in [-0.3, -0.25) is 4.79 Å². The Hall–Kier alpha value is -3.59. The number of nitrogens with zero attached hydrogens (tertiary/aromatic N) is 1. The van der Waals surface area contributed by atoms with Gasteiger partial charge in [0.1, 0.15) is 12.6 Å². The van der Waals surface area contributed by atoms with Gasteiger partial charge >= 0.3 is 12.1 Å². The number of rotatable bonds is 9. The van der Waals surface area contributed by atoms with Crippen LogP contribution in [0.2, 0.25) is 0 Å². The fourth-order valence-corrected chi connectivity index (χ4v) is 3.51. The van der Waals surface area contributed by atoms with Crippen LogP contribution in [0, 0.1) is 5.92 Å². The van der Waals surface area contributed by atoms with E-state index in [0.717, 1.165) is 24.3 Å². The Morgan fingerprint density at radius 2 is 1.63 bits per heavy atom. The maximum atomic E-state index is 12.7. The molecule has 0 aliphatic carbocycles. The van der Waals surface area contributed by atoms with Crippen molar-refractivity contribution in [2.45, 2.75) is 39.5 Å². The summed E-state index contributed by atoms with van der Waals surface area (Å²) in [7, 11) is 0. The van der Waals surface area contributed by atoms with Crippen LogP contribution in [-0.2, 0) is 30.4 Å². The molecule has 1 saturated heterocycles. The third-order valence-electron chi connectivity index (χ3n) is 5.58. The van der Waals surface area contributed by atoms with Crippen LogP contribution in [0.3, 0.4) is 0 Å². The lowest BCUT2D eigenvalue weighted by Crippen LogP contribution is -2.47. The van der Waals surface area contributed by atoms with E-state index in [9.17, 15) is 14.4 Å². The van der Waals surface area contributed by atoms with Crippen LogP contribution in [0.5, 0.6) is 0 Å². The number of amides is 2. The van der Waals surface area contributed by atoms with Crippen molar-refractivity contribution < 1.29 is 28.6 Å². The summed E-state index contributed by atoms with van der Waals surface area (Å²) in [4.78, 5) is 39.7. The topological polar surface area (TPSA) is 106 Å². The van der Waals surface area contributed by atoms with Crippen molar-refractivity contribution in [3.63, 3.8) is 0 Å². The summed E-state index contributed by atoms with van der Waals surface area (Å²) in [5.74, 6) is -1.44. The van der Waals surface area contributed by atoms with Gasteiger partial charge in [0.15, 0.2) is 6.10 Å². The third kappa shape index (κ3) is 7.99. The molecule has 0 spiro atoms. The second-order valence-electron chi connectivity index (χ2n) is 8.64. The minimum atomic E-state index is -1.05. The maximum Gasteiger partial charge on any atom is 0.408 e. The summed E-state index contributed by atoms with van der Waals surface area (Å²) in [6, 6.07) is 15.7. The van der Waals surface area contributed by atoms with E-state index < -0.39 is 30.1 Å². The van der Waals surface area contributed by atoms with Crippen molar-refractivity contribution in [3.8, 4) is 0 Å². The zero-order valence-corrected chi connectivity index (χ0v) is 20.4. The first-order valence-electron chi connectivity index (χ1n) is 11.7. The number of hydrogen-bond donors (Lipinski definition) is 2. The average Bonchev–Trinajstić information content (AvgIpc) is 2.87. The van der Waals surface area contributed by atoms with Gasteiger partial charge in [0.25, 0.3) is 5.91 Å². The lowest BCUT2D eigenvalue weighted by atomic mass is 10.1. The van der Waals surface area contributed by atoms with Crippen LogP contribution in [0.15, 0.2) is 54.6 Å². The normalized spacial score (nSPS) is 15.1. The number of ether oxygens (including phenoxy) is 3. The molecule has 0 saturated carbocycles. The Morgan fingerprint density at radius 1 is 0.971 bits per heavy atom. The van der Waals surface area contributed by atoms with Crippen molar-refractivity contribution in [2.75, 3.05) is 36.5 Å². The second-order valence-corrected chi connectivity index (χ2v) is 8.64. The number of benzene rings is 2. The third-order valence-corrected chi connectivity index (χ3v) is 5.58. The molecule has 35 heavy (non-hydrogen) atoms. The summed E-state index contributed by atoms with van der Waals surface area (Å²) in [5.41, 5.74) is 2.48. The Labute approximate surface area is 205 Å². The number of anilines is 2. The summed E-state index contributed by atoms with van der Waals surface area (Å²) >= 11 is 0. The van der Waals surface area contributed by atoms with Gasteiger partial charge in [0.05, 0.1) is 13.2 Å². The van der Waals surface area contributed by atoms with Gasteiger partial charge in [-0.05, 0) is 42.7 Å². The van der Waals surface area contributed by atoms with Crippen molar-refractivity contribution in [1.82, 2.24) is 5.32 Å². The smallest absolute Gasteiger partial charge is 0.408 e. The average molecular weight is 484 g/mol. The van der Waals surface area contributed by atoms with E-state index in [-0.39, 0.29) is 12.5 Å². The molecule has 0 aromatic heterocycles. The Bertz CT molecular complexity index is 974. The first kappa shape index (κ1) is 26.0. The summed E-state index contributed by atoms with van der Waals surface area (Å²) in [5, 5.41) is 5.29.